The number of unbranched alkanes of at least 4 members (excludes halogenated alkanes) is 1. The standard InChI is InChI=1S/C52H68N2O2/c1-35(2)12-6-7-13-36(3)47-24-25-48-46-23-22-39-34-52(29-28-50(39,4)49(46)26-27-51(47,48)5,37-14-8-18-42(30-37)55-44-20-10-16-40(53)32-44)38-15-9-19-43(31-38)56-45-21-11-17-41(54)33-45/h8-10,12,14-16,18-21,30-33,36,39,46-49H,6-7,11,13,17,22-29,34,53-54H2,1-5H3. The Kier molecular flexibility index (Phi) is 11.0. The Hall–Kier alpha value is -3.92. The molecule has 3 aromatic rings. The lowest BCUT2D eigenvalue weighted by Crippen LogP contribution is -2.55. The average Bonchev–Trinajstić information content (AvgIpc) is 3.54. The van der Waals surface area contributed by atoms with Gasteiger partial charge in [0.1, 0.15) is 23.0 Å². The zero-order valence-electron chi connectivity index (χ0n) is 35.0. The van der Waals surface area contributed by atoms with Crippen LogP contribution in [-0.2, 0) is 5.41 Å². The summed E-state index contributed by atoms with van der Waals surface area (Å²) in [5, 5.41) is 0. The molecule has 4 nitrogen and oxygen atoms in total. The number of benzene rings is 3. The van der Waals surface area contributed by atoms with Crippen LogP contribution in [0, 0.1) is 46.3 Å². The van der Waals surface area contributed by atoms with Crippen LogP contribution in [0.3, 0.4) is 0 Å². The summed E-state index contributed by atoms with van der Waals surface area (Å²) in [6.45, 7) is 12.5. The number of nitrogens with two attached hydrogens (primary N) is 2. The molecule has 0 bridgehead atoms. The minimum atomic E-state index is -0.149. The topological polar surface area (TPSA) is 70.5 Å². The van der Waals surface area contributed by atoms with Gasteiger partial charge in [0.25, 0.3) is 0 Å². The van der Waals surface area contributed by atoms with E-state index < -0.39 is 0 Å². The number of hydrogen-bond acceptors (Lipinski definition) is 4. The van der Waals surface area contributed by atoms with E-state index in [-0.39, 0.29) is 5.41 Å². The summed E-state index contributed by atoms with van der Waals surface area (Å²) in [5.41, 5.74) is 18.8. The van der Waals surface area contributed by atoms with Crippen LogP contribution in [0.15, 0.2) is 108 Å². The fraction of sp³-hybridized carbons (Fsp3) is 0.538. The molecule has 5 aliphatic rings. The molecule has 0 heterocycles. The van der Waals surface area contributed by atoms with E-state index in [1.807, 2.05) is 30.3 Å². The molecule has 4 saturated carbocycles. The second-order valence-electron chi connectivity index (χ2n) is 19.6. The Labute approximate surface area is 338 Å². The van der Waals surface area contributed by atoms with E-state index in [0.29, 0.717) is 22.4 Å². The molecule has 9 atom stereocenters. The van der Waals surface area contributed by atoms with Crippen LogP contribution in [0.2, 0.25) is 0 Å². The summed E-state index contributed by atoms with van der Waals surface area (Å²) in [6.07, 6.45) is 24.4. The van der Waals surface area contributed by atoms with Gasteiger partial charge in [-0.2, -0.15) is 0 Å². The van der Waals surface area contributed by atoms with Crippen LogP contribution in [0.25, 0.3) is 0 Å². The molecule has 298 valence electrons. The predicted molar refractivity (Wildman–Crippen MR) is 232 cm³/mol. The summed E-state index contributed by atoms with van der Waals surface area (Å²) >= 11 is 0. The molecule has 5 aliphatic carbocycles. The second kappa shape index (κ2) is 15.8. The van der Waals surface area contributed by atoms with Crippen LogP contribution in [0.1, 0.15) is 136 Å². The Balaban J connectivity index is 1.07. The summed E-state index contributed by atoms with van der Waals surface area (Å²) in [7, 11) is 0. The summed E-state index contributed by atoms with van der Waals surface area (Å²) < 4.78 is 13.0. The molecule has 4 fully saturated rings. The highest BCUT2D eigenvalue weighted by Crippen LogP contribution is 2.70. The van der Waals surface area contributed by atoms with E-state index in [2.05, 4.69) is 95.3 Å². The summed E-state index contributed by atoms with van der Waals surface area (Å²) in [5.74, 6) is 8.34. The van der Waals surface area contributed by atoms with E-state index in [4.69, 9.17) is 20.9 Å². The summed E-state index contributed by atoms with van der Waals surface area (Å²) in [6, 6.07) is 25.7. The Morgan fingerprint density at radius 2 is 1.48 bits per heavy atom. The summed E-state index contributed by atoms with van der Waals surface area (Å²) in [4.78, 5) is 0. The third-order valence-corrected chi connectivity index (χ3v) is 16.1. The van der Waals surface area contributed by atoms with Gasteiger partial charge in [0.05, 0.1) is 0 Å². The molecule has 0 saturated heterocycles. The van der Waals surface area contributed by atoms with Gasteiger partial charge in [-0.15, -0.1) is 0 Å². The maximum atomic E-state index is 6.53. The van der Waals surface area contributed by atoms with Crippen LogP contribution >= 0.6 is 0 Å². The first-order valence-electron chi connectivity index (χ1n) is 22.2. The van der Waals surface area contributed by atoms with E-state index in [9.17, 15) is 0 Å². The molecule has 0 aromatic heterocycles. The molecule has 0 spiro atoms. The van der Waals surface area contributed by atoms with Crippen molar-refractivity contribution in [3.8, 4) is 17.2 Å². The highest BCUT2D eigenvalue weighted by Gasteiger charge is 2.62. The Bertz CT molecular complexity index is 1970. The Morgan fingerprint density at radius 3 is 2.20 bits per heavy atom. The van der Waals surface area contributed by atoms with Gasteiger partial charge >= 0.3 is 0 Å². The first kappa shape index (κ1) is 38.9. The molecule has 0 aliphatic heterocycles. The molecule has 4 heteroatoms. The van der Waals surface area contributed by atoms with Crippen LogP contribution in [0.5, 0.6) is 17.2 Å². The smallest absolute Gasteiger partial charge is 0.129 e. The zero-order valence-corrected chi connectivity index (χ0v) is 35.0. The third-order valence-electron chi connectivity index (χ3n) is 16.1. The number of nitrogen functional groups attached to an aromatic ring is 1. The minimum Gasteiger partial charge on any atom is -0.458 e. The van der Waals surface area contributed by atoms with Crippen molar-refractivity contribution in [3.63, 3.8) is 0 Å². The molecule has 0 amide bonds. The monoisotopic (exact) mass is 753 g/mol. The maximum absolute atomic E-state index is 6.53. The minimum absolute atomic E-state index is 0.149. The number of hydrogen-bond donors (Lipinski definition) is 2. The molecule has 56 heavy (non-hydrogen) atoms. The van der Waals surface area contributed by atoms with Gasteiger partial charge in [-0.05, 0) is 203 Å². The van der Waals surface area contributed by atoms with Crippen molar-refractivity contribution in [2.45, 2.75) is 130 Å². The normalized spacial score (nSPS) is 32.8. The molecule has 8 rings (SSSR count). The Morgan fingerprint density at radius 1 is 0.786 bits per heavy atom. The van der Waals surface area contributed by atoms with Gasteiger partial charge in [0, 0.05) is 22.9 Å². The van der Waals surface area contributed by atoms with Crippen LogP contribution in [-0.4, -0.2) is 0 Å². The fourth-order valence-electron chi connectivity index (χ4n) is 13.3. The zero-order chi connectivity index (χ0) is 39.1. The lowest BCUT2D eigenvalue weighted by atomic mass is 9.42. The van der Waals surface area contributed by atoms with Gasteiger partial charge in [-0.3, -0.25) is 0 Å². The maximum Gasteiger partial charge on any atom is 0.129 e. The predicted octanol–water partition coefficient (Wildman–Crippen LogP) is 13.7. The number of fused-ring (bicyclic) bond motifs is 5. The number of allylic oxidation sites excluding steroid dienone is 5. The van der Waals surface area contributed by atoms with Gasteiger partial charge in [0.2, 0.25) is 0 Å². The number of ether oxygens (including phenoxy) is 2. The van der Waals surface area contributed by atoms with E-state index >= 15 is 0 Å². The van der Waals surface area contributed by atoms with Crippen molar-refractivity contribution in [2.75, 3.05) is 5.73 Å². The number of rotatable bonds is 11. The first-order chi connectivity index (χ1) is 27.0. The largest absolute Gasteiger partial charge is 0.458 e. The molecular weight excluding hydrogens is 685 g/mol. The SMILES string of the molecule is CC(C)=CCCCC(C)C1CCC2C3CCC4CC(c5cccc(OC6=CCCC(N)=C6)c5)(c5cccc(Oc6cccc(N)c6)c5)CCC4(C)C3CCC12C. The second-order valence-corrected chi connectivity index (χ2v) is 19.6. The van der Waals surface area contributed by atoms with Gasteiger partial charge in [-0.1, -0.05) is 69.2 Å². The van der Waals surface area contributed by atoms with E-state index in [0.717, 1.165) is 84.0 Å². The van der Waals surface area contributed by atoms with Crippen molar-refractivity contribution in [1.82, 2.24) is 0 Å². The molecule has 9 unspecified atom stereocenters. The van der Waals surface area contributed by atoms with E-state index in [1.165, 1.54) is 80.9 Å². The average molecular weight is 753 g/mol. The van der Waals surface area contributed by atoms with Crippen molar-refractivity contribution < 1.29 is 9.47 Å². The van der Waals surface area contributed by atoms with Crippen molar-refractivity contribution in [3.05, 3.63) is 119 Å². The van der Waals surface area contributed by atoms with Gasteiger partial charge in [0.15, 0.2) is 0 Å². The molecule has 0 radical (unpaired) electrons. The van der Waals surface area contributed by atoms with E-state index in [1.54, 1.807) is 0 Å². The quantitative estimate of drug-likeness (QED) is 0.116. The highest BCUT2D eigenvalue weighted by atomic mass is 16.5. The highest BCUT2D eigenvalue weighted by molar-refractivity contribution is 5.49. The molecule has 3 aromatic carbocycles. The van der Waals surface area contributed by atoms with Crippen molar-refractivity contribution in [2.24, 2.45) is 52.1 Å². The fourth-order valence-corrected chi connectivity index (χ4v) is 13.3. The van der Waals surface area contributed by atoms with Crippen molar-refractivity contribution in [1.29, 1.82) is 0 Å². The number of anilines is 1. The first-order valence-corrected chi connectivity index (χ1v) is 22.2. The third kappa shape index (κ3) is 7.47. The molecule has 4 N–H and O–H groups in total. The van der Waals surface area contributed by atoms with Crippen molar-refractivity contribution >= 4 is 5.69 Å². The lowest BCUT2D eigenvalue weighted by molar-refractivity contribution is -0.122. The lowest BCUT2D eigenvalue weighted by Gasteiger charge is -2.63. The van der Waals surface area contributed by atoms with Gasteiger partial charge in [-0.25, -0.2) is 0 Å². The van der Waals surface area contributed by atoms with Gasteiger partial charge < -0.3 is 20.9 Å². The van der Waals surface area contributed by atoms with Crippen LogP contribution in [0.4, 0.5) is 5.69 Å². The molecular formula is C52H68N2O2. The van der Waals surface area contributed by atoms with Crippen LogP contribution < -0.4 is 20.9 Å².